The Morgan fingerprint density at radius 1 is 1.37 bits per heavy atom. The van der Waals surface area contributed by atoms with E-state index in [1.54, 1.807) is 0 Å². The zero-order valence-corrected chi connectivity index (χ0v) is 12.1. The number of benzene rings is 1. The lowest BCUT2D eigenvalue weighted by Gasteiger charge is -2.20. The molecule has 1 aromatic carbocycles. The van der Waals surface area contributed by atoms with Gasteiger partial charge in [-0.3, -0.25) is 4.99 Å². The van der Waals surface area contributed by atoms with Gasteiger partial charge in [0.1, 0.15) is 0 Å². The predicted octanol–water partition coefficient (Wildman–Crippen LogP) is 2.73. The van der Waals surface area contributed by atoms with E-state index < -0.39 is 0 Å². The Morgan fingerprint density at radius 3 is 2.89 bits per heavy atom. The molecule has 1 aliphatic rings. The van der Waals surface area contributed by atoms with Crippen molar-refractivity contribution < 1.29 is 0 Å². The zero-order chi connectivity index (χ0) is 13.7. The topological polar surface area (TPSA) is 50.4 Å². The lowest BCUT2D eigenvalue weighted by Crippen LogP contribution is -2.33. The molecule has 1 aromatic rings. The number of rotatable bonds is 3. The number of allylic oxidation sites excluding steroid dienone is 1. The summed E-state index contributed by atoms with van der Waals surface area (Å²) < 4.78 is 0. The van der Waals surface area contributed by atoms with E-state index in [1.807, 2.05) is 24.3 Å². The number of nitrogens with two attached hydrogens (primary N) is 1. The van der Waals surface area contributed by atoms with Crippen LogP contribution in [0, 0.1) is 0 Å². The second kappa shape index (κ2) is 6.94. The molecular weight excluding hydrogens is 281 g/mol. The predicted molar refractivity (Wildman–Crippen MR) is 82.0 cm³/mol. The van der Waals surface area contributed by atoms with Gasteiger partial charge in [-0.05, 0) is 11.6 Å². The van der Waals surface area contributed by atoms with Crippen LogP contribution in [0.4, 0.5) is 0 Å². The van der Waals surface area contributed by atoms with Crippen LogP contribution in [-0.4, -0.2) is 24.7 Å². The molecule has 1 heterocycles. The van der Waals surface area contributed by atoms with Gasteiger partial charge in [0, 0.05) is 41.5 Å². The number of piperidine rings is 1. The first kappa shape index (κ1) is 14.4. The first-order valence-corrected chi connectivity index (χ1v) is 7.15. The fourth-order valence-electron chi connectivity index (χ4n) is 2.03. The van der Waals surface area contributed by atoms with Crippen LogP contribution in [0.2, 0.25) is 5.02 Å². The van der Waals surface area contributed by atoms with E-state index in [-0.39, 0.29) is 0 Å². The Bertz CT molecular complexity index is 509. The lowest BCUT2D eigenvalue weighted by atomic mass is 10.0. The van der Waals surface area contributed by atoms with E-state index in [1.165, 1.54) is 0 Å². The molecule has 1 saturated heterocycles. The van der Waals surface area contributed by atoms with Crippen LogP contribution in [0.5, 0.6) is 0 Å². The van der Waals surface area contributed by atoms with Crippen LogP contribution in [-0.2, 0) is 6.54 Å². The van der Waals surface area contributed by atoms with Crippen molar-refractivity contribution in [2.45, 2.75) is 13.0 Å². The molecule has 0 unspecified atom stereocenters. The van der Waals surface area contributed by atoms with Crippen molar-refractivity contribution in [2.75, 3.05) is 19.0 Å². The maximum atomic E-state index is 6.13. The van der Waals surface area contributed by atoms with Gasteiger partial charge in [0.15, 0.2) is 0 Å². The zero-order valence-electron chi connectivity index (χ0n) is 10.6. The second-order valence-corrected chi connectivity index (χ2v) is 5.09. The summed E-state index contributed by atoms with van der Waals surface area (Å²) >= 11 is 11.9. The van der Waals surface area contributed by atoms with Crippen LogP contribution in [0.3, 0.4) is 0 Å². The molecule has 0 saturated carbocycles. The minimum Gasteiger partial charge on any atom is -0.401 e. The van der Waals surface area contributed by atoms with Crippen molar-refractivity contribution in [1.29, 1.82) is 0 Å². The Labute approximate surface area is 123 Å². The van der Waals surface area contributed by atoms with Crippen molar-refractivity contribution in [3.05, 3.63) is 46.1 Å². The highest BCUT2D eigenvalue weighted by Crippen LogP contribution is 2.17. The molecule has 0 aliphatic carbocycles. The number of hydrogen-bond acceptors (Lipinski definition) is 3. The molecule has 0 amide bonds. The Morgan fingerprint density at radius 2 is 2.16 bits per heavy atom. The van der Waals surface area contributed by atoms with E-state index in [0.29, 0.717) is 18.1 Å². The number of nitrogens with one attached hydrogen (secondary N) is 1. The van der Waals surface area contributed by atoms with Crippen molar-refractivity contribution in [2.24, 2.45) is 10.7 Å². The molecule has 0 bridgehead atoms. The molecule has 1 fully saturated rings. The number of halogens is 2. The maximum Gasteiger partial charge on any atom is 0.0657 e. The summed E-state index contributed by atoms with van der Waals surface area (Å²) in [5, 5.41) is 4.03. The molecule has 3 N–H and O–H groups in total. The van der Waals surface area contributed by atoms with E-state index in [4.69, 9.17) is 28.9 Å². The molecule has 2 rings (SSSR count). The third-order valence-electron chi connectivity index (χ3n) is 3.12. The molecule has 0 atom stereocenters. The molecule has 19 heavy (non-hydrogen) atoms. The summed E-state index contributed by atoms with van der Waals surface area (Å²) in [6.07, 6.45) is 0.872. The highest BCUT2D eigenvalue weighted by molar-refractivity contribution is 6.31. The van der Waals surface area contributed by atoms with Gasteiger partial charge in [-0.25, -0.2) is 0 Å². The summed E-state index contributed by atoms with van der Waals surface area (Å²) in [6.45, 7) is 2.23. The van der Waals surface area contributed by atoms with Crippen LogP contribution in [0.1, 0.15) is 12.0 Å². The molecular formula is C14H17Cl2N3. The summed E-state index contributed by atoms with van der Waals surface area (Å²) in [7, 11) is 0. The van der Waals surface area contributed by atoms with Crippen molar-refractivity contribution in [3.63, 3.8) is 0 Å². The Hall–Kier alpha value is -1.03. The molecule has 0 radical (unpaired) electrons. The Balaban J connectivity index is 2.19. The van der Waals surface area contributed by atoms with E-state index in [2.05, 4.69) is 10.3 Å². The molecule has 102 valence electrons. The lowest BCUT2D eigenvalue weighted by molar-refractivity contribution is 0.721. The number of aliphatic imine (C=N–C) groups is 1. The minimum atomic E-state index is 0.335. The van der Waals surface area contributed by atoms with Crippen LogP contribution >= 0.6 is 23.2 Å². The van der Waals surface area contributed by atoms with Gasteiger partial charge < -0.3 is 11.1 Å². The first-order chi connectivity index (χ1) is 9.22. The van der Waals surface area contributed by atoms with Crippen LogP contribution in [0.15, 0.2) is 40.5 Å². The largest absolute Gasteiger partial charge is 0.401 e. The third kappa shape index (κ3) is 3.72. The summed E-state index contributed by atoms with van der Waals surface area (Å²) in [5.74, 6) is 0.335. The van der Waals surface area contributed by atoms with Gasteiger partial charge in [0.2, 0.25) is 0 Å². The molecule has 3 nitrogen and oxygen atoms in total. The fourth-order valence-corrected chi connectivity index (χ4v) is 2.39. The van der Waals surface area contributed by atoms with E-state index >= 15 is 0 Å². The number of alkyl halides is 1. The van der Waals surface area contributed by atoms with Crippen LogP contribution in [0.25, 0.3) is 0 Å². The highest BCUT2D eigenvalue weighted by atomic mass is 35.5. The van der Waals surface area contributed by atoms with Crippen molar-refractivity contribution in [1.82, 2.24) is 5.32 Å². The monoisotopic (exact) mass is 297 g/mol. The van der Waals surface area contributed by atoms with Gasteiger partial charge in [-0.2, -0.15) is 0 Å². The molecule has 0 aromatic heterocycles. The fraction of sp³-hybridized carbons (Fsp3) is 0.357. The number of hydrogen-bond donors (Lipinski definition) is 2. The quantitative estimate of drug-likeness (QED) is 0.843. The third-order valence-corrected chi connectivity index (χ3v) is 3.78. The SMILES string of the molecule is N/C(CCl)=C1/CNCCC1=NCc1ccccc1Cl. The Kier molecular flexibility index (Phi) is 5.25. The first-order valence-electron chi connectivity index (χ1n) is 6.23. The molecule has 0 spiro atoms. The van der Waals surface area contributed by atoms with Gasteiger partial charge in [-0.15, -0.1) is 11.6 Å². The van der Waals surface area contributed by atoms with Crippen molar-refractivity contribution >= 4 is 28.9 Å². The van der Waals surface area contributed by atoms with Gasteiger partial charge in [0.05, 0.1) is 12.4 Å². The van der Waals surface area contributed by atoms with E-state index in [0.717, 1.165) is 41.4 Å². The molecule has 5 heteroatoms. The highest BCUT2D eigenvalue weighted by Gasteiger charge is 2.15. The standard InChI is InChI=1S/C14H17Cl2N3/c15-7-13(17)11-9-18-6-5-14(11)19-8-10-3-1-2-4-12(10)16/h1-4,18H,5-9,17H2/b13-11-,19-14?. The van der Waals surface area contributed by atoms with Crippen LogP contribution < -0.4 is 11.1 Å². The molecule has 1 aliphatic heterocycles. The van der Waals surface area contributed by atoms with Crippen molar-refractivity contribution in [3.8, 4) is 0 Å². The normalized spacial score (nSPS) is 20.6. The summed E-state index contributed by atoms with van der Waals surface area (Å²) in [4.78, 5) is 4.66. The smallest absolute Gasteiger partial charge is 0.0657 e. The van der Waals surface area contributed by atoms with Gasteiger partial charge >= 0.3 is 0 Å². The average Bonchev–Trinajstić information content (AvgIpc) is 2.46. The summed E-state index contributed by atoms with van der Waals surface area (Å²) in [6, 6.07) is 7.75. The minimum absolute atomic E-state index is 0.335. The summed E-state index contributed by atoms with van der Waals surface area (Å²) in [5.41, 5.74) is 9.74. The number of nitrogens with zero attached hydrogens (tertiary/aromatic N) is 1. The van der Waals surface area contributed by atoms with Gasteiger partial charge in [-0.1, -0.05) is 29.8 Å². The average molecular weight is 298 g/mol. The van der Waals surface area contributed by atoms with Gasteiger partial charge in [0.25, 0.3) is 0 Å². The van der Waals surface area contributed by atoms with E-state index in [9.17, 15) is 0 Å². The maximum absolute atomic E-state index is 6.13. The second-order valence-electron chi connectivity index (χ2n) is 4.42.